The van der Waals surface area contributed by atoms with Crippen LogP contribution in [0.4, 0.5) is 5.69 Å². The van der Waals surface area contributed by atoms with Crippen LogP contribution in [-0.4, -0.2) is 42.9 Å². The van der Waals surface area contributed by atoms with Crippen molar-refractivity contribution in [2.45, 2.75) is 25.3 Å². The standard InChI is InChI=1S/C21H26N2O2S/c1-16-3-8-20(13-17(16)2)26-15-21(24)22-19-6-4-18(5-7-19)14-23-9-11-25-12-10-23/h3-8,13H,9-12,14-15H2,1-2H3,(H,22,24). The average molecular weight is 371 g/mol. The lowest BCUT2D eigenvalue weighted by Crippen LogP contribution is -2.35. The first-order valence-corrected chi connectivity index (χ1v) is 9.98. The van der Waals surface area contributed by atoms with E-state index in [4.69, 9.17) is 4.74 Å². The predicted molar refractivity (Wildman–Crippen MR) is 108 cm³/mol. The zero-order chi connectivity index (χ0) is 18.4. The van der Waals surface area contributed by atoms with Crippen molar-refractivity contribution >= 4 is 23.4 Å². The predicted octanol–water partition coefficient (Wildman–Crippen LogP) is 3.87. The normalized spacial score (nSPS) is 15.0. The van der Waals surface area contributed by atoms with Crippen molar-refractivity contribution in [2.75, 3.05) is 37.4 Å². The van der Waals surface area contributed by atoms with Gasteiger partial charge in [0.15, 0.2) is 0 Å². The van der Waals surface area contributed by atoms with Gasteiger partial charge in [0.1, 0.15) is 0 Å². The van der Waals surface area contributed by atoms with Gasteiger partial charge in [-0.15, -0.1) is 11.8 Å². The number of thioether (sulfide) groups is 1. The van der Waals surface area contributed by atoms with Crippen molar-refractivity contribution in [3.8, 4) is 0 Å². The zero-order valence-corrected chi connectivity index (χ0v) is 16.3. The van der Waals surface area contributed by atoms with E-state index in [-0.39, 0.29) is 5.91 Å². The van der Waals surface area contributed by atoms with Gasteiger partial charge in [0.25, 0.3) is 0 Å². The van der Waals surface area contributed by atoms with Crippen molar-refractivity contribution in [1.29, 1.82) is 0 Å². The molecule has 1 fully saturated rings. The maximum atomic E-state index is 12.2. The molecule has 0 bridgehead atoms. The Morgan fingerprint density at radius 1 is 1.08 bits per heavy atom. The Labute approximate surface area is 159 Å². The van der Waals surface area contributed by atoms with Crippen molar-refractivity contribution in [3.63, 3.8) is 0 Å². The summed E-state index contributed by atoms with van der Waals surface area (Å²) in [7, 11) is 0. The average Bonchev–Trinajstić information content (AvgIpc) is 2.65. The van der Waals surface area contributed by atoms with Crippen molar-refractivity contribution in [3.05, 3.63) is 59.2 Å². The molecule has 1 N–H and O–H groups in total. The lowest BCUT2D eigenvalue weighted by molar-refractivity contribution is -0.113. The third kappa shape index (κ3) is 5.59. The first kappa shape index (κ1) is 19.0. The Morgan fingerprint density at radius 3 is 2.50 bits per heavy atom. The maximum Gasteiger partial charge on any atom is 0.234 e. The van der Waals surface area contributed by atoms with E-state index in [0.717, 1.165) is 43.4 Å². The third-order valence-corrected chi connectivity index (χ3v) is 5.59. The molecule has 138 valence electrons. The number of nitrogens with one attached hydrogen (secondary N) is 1. The Bertz CT molecular complexity index is 740. The fourth-order valence-electron chi connectivity index (χ4n) is 2.86. The molecular formula is C21H26N2O2S. The smallest absolute Gasteiger partial charge is 0.234 e. The summed E-state index contributed by atoms with van der Waals surface area (Å²) in [6.45, 7) is 8.71. The molecule has 26 heavy (non-hydrogen) atoms. The number of ether oxygens (including phenoxy) is 1. The number of nitrogens with zero attached hydrogens (tertiary/aromatic N) is 1. The summed E-state index contributed by atoms with van der Waals surface area (Å²) in [6, 6.07) is 14.4. The molecule has 0 saturated carbocycles. The van der Waals surface area contributed by atoms with Gasteiger partial charge in [-0.1, -0.05) is 18.2 Å². The molecule has 2 aromatic rings. The molecule has 0 aliphatic carbocycles. The highest BCUT2D eigenvalue weighted by Crippen LogP contribution is 2.21. The third-order valence-electron chi connectivity index (χ3n) is 4.60. The molecule has 1 amide bonds. The second kappa shape index (κ2) is 9.21. The molecule has 4 nitrogen and oxygen atoms in total. The van der Waals surface area contributed by atoms with Gasteiger partial charge >= 0.3 is 0 Å². The van der Waals surface area contributed by atoms with Gasteiger partial charge in [-0.05, 0) is 54.8 Å². The molecule has 0 atom stereocenters. The summed E-state index contributed by atoms with van der Waals surface area (Å²) < 4.78 is 5.38. The number of morpholine rings is 1. The number of carbonyl (C=O) groups excluding carboxylic acids is 1. The van der Waals surface area contributed by atoms with Crippen LogP contribution in [-0.2, 0) is 16.1 Å². The van der Waals surface area contributed by atoms with Crippen LogP contribution in [0.5, 0.6) is 0 Å². The van der Waals surface area contributed by atoms with E-state index in [2.05, 4.69) is 54.4 Å². The number of aryl methyl sites for hydroxylation is 2. The van der Waals surface area contributed by atoms with E-state index >= 15 is 0 Å². The van der Waals surface area contributed by atoms with Crippen molar-refractivity contribution in [2.24, 2.45) is 0 Å². The lowest BCUT2D eigenvalue weighted by atomic mass is 10.1. The highest BCUT2D eigenvalue weighted by atomic mass is 32.2. The number of hydrogen-bond donors (Lipinski definition) is 1. The van der Waals surface area contributed by atoms with Crippen LogP contribution in [0, 0.1) is 13.8 Å². The van der Waals surface area contributed by atoms with Gasteiger partial charge in [0, 0.05) is 30.2 Å². The molecule has 0 unspecified atom stereocenters. The number of anilines is 1. The number of rotatable bonds is 6. The SMILES string of the molecule is Cc1ccc(SCC(=O)Nc2ccc(CN3CCOCC3)cc2)cc1C. The number of amides is 1. The molecular weight excluding hydrogens is 344 g/mol. The zero-order valence-electron chi connectivity index (χ0n) is 15.5. The monoisotopic (exact) mass is 370 g/mol. The molecule has 2 aromatic carbocycles. The molecule has 1 saturated heterocycles. The molecule has 1 aliphatic rings. The molecule has 0 radical (unpaired) electrons. The highest BCUT2D eigenvalue weighted by molar-refractivity contribution is 8.00. The molecule has 1 heterocycles. The summed E-state index contributed by atoms with van der Waals surface area (Å²) in [4.78, 5) is 15.7. The van der Waals surface area contributed by atoms with Crippen LogP contribution in [0.1, 0.15) is 16.7 Å². The second-order valence-corrected chi connectivity index (χ2v) is 7.72. The minimum atomic E-state index is 0.0224. The largest absolute Gasteiger partial charge is 0.379 e. The fraction of sp³-hybridized carbons (Fsp3) is 0.381. The van der Waals surface area contributed by atoms with Gasteiger partial charge in [-0.25, -0.2) is 0 Å². The quantitative estimate of drug-likeness (QED) is 0.784. The van der Waals surface area contributed by atoms with Gasteiger partial charge in [-0.3, -0.25) is 9.69 Å². The Balaban J connectivity index is 1.47. The molecule has 1 aliphatic heterocycles. The maximum absolute atomic E-state index is 12.2. The highest BCUT2D eigenvalue weighted by Gasteiger charge is 2.11. The van der Waals surface area contributed by atoms with Crippen molar-refractivity contribution in [1.82, 2.24) is 4.90 Å². The van der Waals surface area contributed by atoms with E-state index in [9.17, 15) is 4.79 Å². The first-order chi connectivity index (χ1) is 12.6. The molecule has 0 spiro atoms. The summed E-state index contributed by atoms with van der Waals surface area (Å²) in [6.07, 6.45) is 0. The van der Waals surface area contributed by atoms with Crippen LogP contribution in [0.3, 0.4) is 0 Å². The first-order valence-electron chi connectivity index (χ1n) is 8.99. The number of hydrogen-bond acceptors (Lipinski definition) is 4. The Kier molecular flexibility index (Phi) is 6.72. The Hall–Kier alpha value is -1.82. The summed E-state index contributed by atoms with van der Waals surface area (Å²) in [5, 5.41) is 2.98. The topological polar surface area (TPSA) is 41.6 Å². The van der Waals surface area contributed by atoms with Gasteiger partial charge in [0.05, 0.1) is 19.0 Å². The van der Waals surface area contributed by atoms with E-state index in [1.807, 2.05) is 12.1 Å². The van der Waals surface area contributed by atoms with E-state index in [0.29, 0.717) is 5.75 Å². The fourth-order valence-corrected chi connectivity index (χ4v) is 3.65. The summed E-state index contributed by atoms with van der Waals surface area (Å²) >= 11 is 1.57. The van der Waals surface area contributed by atoms with Crippen LogP contribution >= 0.6 is 11.8 Å². The van der Waals surface area contributed by atoms with Gasteiger partial charge in [0.2, 0.25) is 5.91 Å². The summed E-state index contributed by atoms with van der Waals surface area (Å²) in [5.41, 5.74) is 4.64. The molecule has 5 heteroatoms. The van der Waals surface area contributed by atoms with Crippen molar-refractivity contribution < 1.29 is 9.53 Å². The number of carbonyl (C=O) groups is 1. The molecule has 0 aromatic heterocycles. The minimum Gasteiger partial charge on any atom is -0.379 e. The van der Waals surface area contributed by atoms with Crippen LogP contribution in [0.15, 0.2) is 47.4 Å². The minimum absolute atomic E-state index is 0.0224. The summed E-state index contributed by atoms with van der Waals surface area (Å²) in [5.74, 6) is 0.437. The van der Waals surface area contributed by atoms with Crippen LogP contribution < -0.4 is 5.32 Å². The number of benzene rings is 2. The molecule has 3 rings (SSSR count). The van der Waals surface area contributed by atoms with E-state index in [1.165, 1.54) is 16.7 Å². The second-order valence-electron chi connectivity index (χ2n) is 6.67. The van der Waals surface area contributed by atoms with E-state index < -0.39 is 0 Å². The van der Waals surface area contributed by atoms with Crippen LogP contribution in [0.25, 0.3) is 0 Å². The Morgan fingerprint density at radius 2 is 1.81 bits per heavy atom. The van der Waals surface area contributed by atoms with E-state index in [1.54, 1.807) is 11.8 Å². The van der Waals surface area contributed by atoms with Gasteiger partial charge in [-0.2, -0.15) is 0 Å². The lowest BCUT2D eigenvalue weighted by Gasteiger charge is -2.26. The van der Waals surface area contributed by atoms with Gasteiger partial charge < -0.3 is 10.1 Å². The van der Waals surface area contributed by atoms with Crippen LogP contribution in [0.2, 0.25) is 0 Å².